The molecule has 2 atom stereocenters. The molecule has 0 saturated carbocycles. The predicted octanol–water partition coefficient (Wildman–Crippen LogP) is 0.969. The van der Waals surface area contributed by atoms with Gasteiger partial charge in [-0.1, -0.05) is 26.0 Å². The summed E-state index contributed by atoms with van der Waals surface area (Å²) in [6.07, 6.45) is -1.61. The summed E-state index contributed by atoms with van der Waals surface area (Å²) >= 11 is 0. The van der Waals surface area contributed by atoms with Gasteiger partial charge in [0.25, 0.3) is 0 Å². The lowest BCUT2D eigenvalue weighted by Crippen LogP contribution is -2.29. The Morgan fingerprint density at radius 3 is 2.48 bits per heavy atom. The topological polar surface area (TPSA) is 75.6 Å². The van der Waals surface area contributed by atoms with Gasteiger partial charge in [0, 0.05) is 6.54 Å². The normalized spacial score (nSPS) is 24.4. The van der Waals surface area contributed by atoms with Gasteiger partial charge >= 0.3 is 0 Å². The van der Waals surface area contributed by atoms with Gasteiger partial charge < -0.3 is 15.2 Å². The van der Waals surface area contributed by atoms with E-state index in [2.05, 4.69) is 19.2 Å². The maximum Gasteiger partial charge on any atom is 0.156 e. The van der Waals surface area contributed by atoms with E-state index >= 15 is 0 Å². The van der Waals surface area contributed by atoms with Gasteiger partial charge in [0.2, 0.25) is 0 Å². The lowest BCUT2D eigenvalue weighted by molar-refractivity contribution is 0.0738. The second-order valence-electron chi connectivity index (χ2n) is 5.97. The van der Waals surface area contributed by atoms with Crippen molar-refractivity contribution >= 4 is 9.84 Å². The van der Waals surface area contributed by atoms with E-state index in [4.69, 9.17) is 4.74 Å². The molecule has 1 fully saturated rings. The number of hydrogen-bond donors (Lipinski definition) is 2. The second-order valence-corrected chi connectivity index (χ2v) is 8.12. The highest BCUT2D eigenvalue weighted by molar-refractivity contribution is 7.91. The maximum atomic E-state index is 11.4. The van der Waals surface area contributed by atoms with E-state index in [0.717, 1.165) is 18.7 Å². The summed E-state index contributed by atoms with van der Waals surface area (Å²) in [6, 6.07) is 7.51. The number of rotatable bonds is 6. The van der Waals surface area contributed by atoms with Crippen LogP contribution in [0.5, 0.6) is 5.75 Å². The van der Waals surface area contributed by atoms with E-state index in [-0.39, 0.29) is 11.5 Å². The quantitative estimate of drug-likeness (QED) is 0.818. The summed E-state index contributed by atoms with van der Waals surface area (Å²) in [5, 5.41) is 13.0. The van der Waals surface area contributed by atoms with E-state index < -0.39 is 22.0 Å². The standard InChI is InChI=1S/C15H23NO4S/c1-11(2)7-16-8-12-3-5-13(6-4-12)20-15-10-21(18,19)9-14(15)17/h3-6,11,14-17H,7-10H2,1-2H3. The number of sulfone groups is 1. The van der Waals surface area contributed by atoms with Gasteiger partial charge in [-0.2, -0.15) is 0 Å². The summed E-state index contributed by atoms with van der Waals surface area (Å²) in [5.74, 6) is 0.864. The number of benzene rings is 1. The Morgan fingerprint density at radius 2 is 1.95 bits per heavy atom. The summed E-state index contributed by atoms with van der Waals surface area (Å²) in [4.78, 5) is 0. The van der Waals surface area contributed by atoms with E-state index in [1.807, 2.05) is 24.3 Å². The summed E-state index contributed by atoms with van der Waals surface area (Å²) in [7, 11) is -3.18. The van der Waals surface area contributed by atoms with Crippen LogP contribution in [0.1, 0.15) is 19.4 Å². The van der Waals surface area contributed by atoms with Crippen LogP contribution in [0, 0.1) is 5.92 Å². The number of ether oxygens (including phenoxy) is 1. The zero-order valence-electron chi connectivity index (χ0n) is 12.5. The molecule has 0 bridgehead atoms. The van der Waals surface area contributed by atoms with Crippen LogP contribution >= 0.6 is 0 Å². The minimum Gasteiger partial charge on any atom is -0.487 e. The smallest absolute Gasteiger partial charge is 0.156 e. The first-order valence-electron chi connectivity index (χ1n) is 7.20. The van der Waals surface area contributed by atoms with Crippen LogP contribution in [-0.2, 0) is 16.4 Å². The van der Waals surface area contributed by atoms with Gasteiger partial charge in [0.1, 0.15) is 18.0 Å². The van der Waals surface area contributed by atoms with Crippen molar-refractivity contribution in [1.82, 2.24) is 5.32 Å². The fraction of sp³-hybridized carbons (Fsp3) is 0.600. The molecule has 1 aromatic carbocycles. The van der Waals surface area contributed by atoms with E-state index in [1.54, 1.807) is 0 Å². The molecule has 0 spiro atoms. The highest BCUT2D eigenvalue weighted by Gasteiger charge is 2.38. The molecule has 2 rings (SSSR count). The molecule has 1 heterocycles. The van der Waals surface area contributed by atoms with Crippen molar-refractivity contribution in [3.8, 4) is 5.75 Å². The van der Waals surface area contributed by atoms with Gasteiger partial charge in [0.15, 0.2) is 9.84 Å². The molecular weight excluding hydrogens is 290 g/mol. The Morgan fingerprint density at radius 1 is 1.29 bits per heavy atom. The maximum absolute atomic E-state index is 11.4. The highest BCUT2D eigenvalue weighted by Crippen LogP contribution is 2.20. The van der Waals surface area contributed by atoms with Gasteiger partial charge in [-0.15, -0.1) is 0 Å². The number of nitrogens with one attached hydrogen (secondary N) is 1. The minimum atomic E-state index is -3.18. The molecule has 0 amide bonds. The highest BCUT2D eigenvalue weighted by atomic mass is 32.2. The zero-order chi connectivity index (χ0) is 15.5. The molecule has 1 saturated heterocycles. The molecule has 0 radical (unpaired) electrons. The van der Waals surface area contributed by atoms with Crippen molar-refractivity contribution in [2.24, 2.45) is 5.92 Å². The van der Waals surface area contributed by atoms with Crippen molar-refractivity contribution in [2.75, 3.05) is 18.1 Å². The monoisotopic (exact) mass is 313 g/mol. The van der Waals surface area contributed by atoms with Crippen molar-refractivity contribution in [1.29, 1.82) is 0 Å². The van der Waals surface area contributed by atoms with Crippen molar-refractivity contribution in [3.63, 3.8) is 0 Å². The third-order valence-corrected chi connectivity index (χ3v) is 5.05. The van der Waals surface area contributed by atoms with Crippen LogP contribution in [0.15, 0.2) is 24.3 Å². The number of hydrogen-bond acceptors (Lipinski definition) is 5. The van der Waals surface area contributed by atoms with Crippen LogP contribution in [-0.4, -0.2) is 43.8 Å². The molecule has 0 aliphatic carbocycles. The largest absolute Gasteiger partial charge is 0.487 e. The van der Waals surface area contributed by atoms with Gasteiger partial charge in [-0.05, 0) is 30.2 Å². The van der Waals surface area contributed by atoms with Crippen LogP contribution in [0.2, 0.25) is 0 Å². The van der Waals surface area contributed by atoms with Gasteiger partial charge in [0.05, 0.1) is 11.5 Å². The van der Waals surface area contributed by atoms with Crippen LogP contribution in [0.25, 0.3) is 0 Å². The first-order chi connectivity index (χ1) is 9.85. The fourth-order valence-corrected chi connectivity index (χ4v) is 3.94. The van der Waals surface area contributed by atoms with Crippen LogP contribution < -0.4 is 10.1 Å². The lowest BCUT2D eigenvalue weighted by Gasteiger charge is -2.16. The third kappa shape index (κ3) is 4.98. The average Bonchev–Trinajstić information content (AvgIpc) is 2.64. The van der Waals surface area contributed by atoms with Crippen molar-refractivity contribution < 1.29 is 18.3 Å². The van der Waals surface area contributed by atoms with E-state index in [0.29, 0.717) is 11.7 Å². The van der Waals surface area contributed by atoms with Crippen LogP contribution in [0.4, 0.5) is 0 Å². The first kappa shape index (κ1) is 16.3. The van der Waals surface area contributed by atoms with E-state index in [9.17, 15) is 13.5 Å². The summed E-state index contributed by atoms with van der Waals surface area (Å²) < 4.78 is 28.4. The molecule has 0 aromatic heterocycles. The molecule has 1 aliphatic rings. The SMILES string of the molecule is CC(C)CNCc1ccc(OC2CS(=O)(=O)CC2O)cc1. The van der Waals surface area contributed by atoms with Crippen LogP contribution in [0.3, 0.4) is 0 Å². The minimum absolute atomic E-state index is 0.119. The molecule has 5 nitrogen and oxygen atoms in total. The van der Waals surface area contributed by atoms with E-state index in [1.165, 1.54) is 0 Å². The van der Waals surface area contributed by atoms with Gasteiger partial charge in [-0.25, -0.2) is 8.42 Å². The Kier molecular flexibility index (Phi) is 5.24. The molecular formula is C15H23NO4S. The van der Waals surface area contributed by atoms with Gasteiger partial charge in [-0.3, -0.25) is 0 Å². The Hall–Kier alpha value is -1.11. The molecule has 2 unspecified atom stereocenters. The molecule has 6 heteroatoms. The Bertz CT molecular complexity index is 554. The average molecular weight is 313 g/mol. The first-order valence-corrected chi connectivity index (χ1v) is 9.02. The lowest BCUT2D eigenvalue weighted by atomic mass is 10.2. The molecule has 1 aromatic rings. The molecule has 21 heavy (non-hydrogen) atoms. The third-order valence-electron chi connectivity index (χ3n) is 3.36. The summed E-state index contributed by atoms with van der Waals surface area (Å²) in [6.45, 7) is 6.07. The molecule has 1 aliphatic heterocycles. The zero-order valence-corrected chi connectivity index (χ0v) is 13.3. The summed E-state index contributed by atoms with van der Waals surface area (Å²) in [5.41, 5.74) is 1.14. The second kappa shape index (κ2) is 6.77. The predicted molar refractivity (Wildman–Crippen MR) is 82.1 cm³/mol. The Labute approximate surface area is 126 Å². The molecule has 118 valence electrons. The fourth-order valence-electron chi connectivity index (χ4n) is 2.28. The Balaban J connectivity index is 1.88. The van der Waals surface area contributed by atoms with Crippen molar-refractivity contribution in [3.05, 3.63) is 29.8 Å². The number of aliphatic hydroxyl groups is 1. The van der Waals surface area contributed by atoms with Crippen molar-refractivity contribution in [2.45, 2.75) is 32.6 Å². The molecule has 2 N–H and O–H groups in total. The number of aliphatic hydroxyl groups excluding tert-OH is 1.